The first kappa shape index (κ1) is 28.5. The van der Waals surface area contributed by atoms with Gasteiger partial charge in [0.1, 0.15) is 0 Å². The lowest BCUT2D eigenvalue weighted by Crippen LogP contribution is -1.93. The van der Waals surface area contributed by atoms with Crippen molar-refractivity contribution >= 4 is 48.5 Å². The second-order valence-corrected chi connectivity index (χ2v) is 13.2. The third-order valence-electron chi connectivity index (χ3n) is 9.51. The first-order valence-electron chi connectivity index (χ1n) is 16.3. The van der Waals surface area contributed by atoms with E-state index in [9.17, 15) is 0 Å². The van der Waals surface area contributed by atoms with Gasteiger partial charge in [0.15, 0.2) is 0 Å². The molecular formula is C46H30BrN. The molecule has 0 aliphatic rings. The van der Waals surface area contributed by atoms with Gasteiger partial charge in [-0.05, 0) is 85.6 Å². The van der Waals surface area contributed by atoms with E-state index >= 15 is 0 Å². The molecule has 0 saturated carbocycles. The lowest BCUT2D eigenvalue weighted by molar-refractivity contribution is 1.18. The Morgan fingerprint density at radius 1 is 0.333 bits per heavy atom. The molecule has 1 aromatic heterocycles. The summed E-state index contributed by atoms with van der Waals surface area (Å²) in [6.07, 6.45) is 0. The van der Waals surface area contributed by atoms with E-state index < -0.39 is 0 Å². The van der Waals surface area contributed by atoms with E-state index in [4.69, 9.17) is 0 Å². The SMILES string of the molecule is Brc1cc(-c2ccc(-c3cccc4ccccc34)cc2)ccc1-c1ccc(-c2ccc3c4ccccc4n(-c4ccccc4)c3c2)cc1. The summed E-state index contributed by atoms with van der Waals surface area (Å²) in [4.78, 5) is 0. The molecule has 9 rings (SSSR count). The zero-order valence-corrected chi connectivity index (χ0v) is 27.7. The van der Waals surface area contributed by atoms with Gasteiger partial charge < -0.3 is 4.57 Å². The number of rotatable bonds is 5. The van der Waals surface area contributed by atoms with Gasteiger partial charge in [0, 0.05) is 20.9 Å². The number of hydrogen-bond donors (Lipinski definition) is 0. The zero-order valence-electron chi connectivity index (χ0n) is 26.1. The molecule has 0 unspecified atom stereocenters. The Hall–Kier alpha value is -5.70. The Labute approximate surface area is 288 Å². The molecule has 0 radical (unpaired) electrons. The molecule has 9 aromatic rings. The maximum Gasteiger partial charge on any atom is 0.0547 e. The summed E-state index contributed by atoms with van der Waals surface area (Å²) < 4.78 is 3.46. The highest BCUT2D eigenvalue weighted by Crippen LogP contribution is 2.37. The Balaban J connectivity index is 1.01. The molecule has 0 amide bonds. The van der Waals surface area contributed by atoms with Crippen LogP contribution in [0.4, 0.5) is 0 Å². The average molecular weight is 677 g/mol. The molecular weight excluding hydrogens is 646 g/mol. The van der Waals surface area contributed by atoms with Crippen LogP contribution in [0.1, 0.15) is 0 Å². The molecule has 0 aliphatic carbocycles. The van der Waals surface area contributed by atoms with Crippen LogP contribution >= 0.6 is 15.9 Å². The summed E-state index contributed by atoms with van der Waals surface area (Å²) in [5.74, 6) is 0. The fourth-order valence-electron chi connectivity index (χ4n) is 7.10. The van der Waals surface area contributed by atoms with Crippen LogP contribution in [0.15, 0.2) is 186 Å². The van der Waals surface area contributed by atoms with Crippen LogP contribution in [0.3, 0.4) is 0 Å². The maximum atomic E-state index is 3.89. The topological polar surface area (TPSA) is 4.93 Å². The maximum absolute atomic E-state index is 3.89. The number of hydrogen-bond acceptors (Lipinski definition) is 0. The van der Waals surface area contributed by atoms with Crippen molar-refractivity contribution in [3.8, 4) is 50.2 Å². The summed E-state index contributed by atoms with van der Waals surface area (Å²) in [6, 6.07) is 65.7. The highest BCUT2D eigenvalue weighted by atomic mass is 79.9. The Morgan fingerprint density at radius 2 is 0.875 bits per heavy atom. The second-order valence-electron chi connectivity index (χ2n) is 12.3. The molecule has 0 spiro atoms. The van der Waals surface area contributed by atoms with Crippen molar-refractivity contribution in [2.24, 2.45) is 0 Å². The monoisotopic (exact) mass is 675 g/mol. The van der Waals surface area contributed by atoms with Gasteiger partial charge in [-0.15, -0.1) is 0 Å². The Morgan fingerprint density at radius 3 is 1.62 bits per heavy atom. The molecule has 48 heavy (non-hydrogen) atoms. The molecule has 0 aliphatic heterocycles. The summed E-state index contributed by atoms with van der Waals surface area (Å²) in [7, 11) is 0. The molecule has 0 fully saturated rings. The van der Waals surface area contributed by atoms with Gasteiger partial charge in [-0.2, -0.15) is 0 Å². The molecule has 0 atom stereocenters. The summed E-state index contributed by atoms with van der Waals surface area (Å²) in [5.41, 5.74) is 13.3. The van der Waals surface area contributed by atoms with Gasteiger partial charge in [0.25, 0.3) is 0 Å². The lowest BCUT2D eigenvalue weighted by Gasteiger charge is -2.11. The van der Waals surface area contributed by atoms with E-state index in [1.807, 2.05) is 0 Å². The van der Waals surface area contributed by atoms with Gasteiger partial charge in [-0.1, -0.05) is 168 Å². The number of fused-ring (bicyclic) bond motifs is 4. The van der Waals surface area contributed by atoms with Gasteiger partial charge in [0.05, 0.1) is 11.0 Å². The van der Waals surface area contributed by atoms with Crippen LogP contribution in [0.2, 0.25) is 0 Å². The molecule has 0 N–H and O–H groups in total. The largest absolute Gasteiger partial charge is 0.309 e. The first-order chi connectivity index (χ1) is 23.7. The van der Waals surface area contributed by atoms with Crippen molar-refractivity contribution in [2.75, 3.05) is 0 Å². The normalized spacial score (nSPS) is 11.4. The predicted molar refractivity (Wildman–Crippen MR) is 208 cm³/mol. The predicted octanol–water partition coefficient (Wildman–Crippen LogP) is 13.4. The highest BCUT2D eigenvalue weighted by molar-refractivity contribution is 9.10. The number of halogens is 1. The average Bonchev–Trinajstić information content (AvgIpc) is 3.49. The summed E-state index contributed by atoms with van der Waals surface area (Å²) in [5, 5.41) is 5.08. The van der Waals surface area contributed by atoms with E-state index in [1.54, 1.807) is 0 Å². The number of aromatic nitrogens is 1. The fraction of sp³-hybridized carbons (Fsp3) is 0. The van der Waals surface area contributed by atoms with Gasteiger partial charge in [-0.3, -0.25) is 0 Å². The molecule has 1 heterocycles. The highest BCUT2D eigenvalue weighted by Gasteiger charge is 2.14. The minimum atomic E-state index is 1.08. The molecule has 0 bridgehead atoms. The van der Waals surface area contributed by atoms with E-state index in [-0.39, 0.29) is 0 Å². The molecule has 226 valence electrons. The van der Waals surface area contributed by atoms with Gasteiger partial charge in [0.2, 0.25) is 0 Å². The van der Waals surface area contributed by atoms with Crippen LogP contribution in [0.5, 0.6) is 0 Å². The van der Waals surface area contributed by atoms with Crippen LogP contribution in [-0.2, 0) is 0 Å². The van der Waals surface area contributed by atoms with Crippen molar-refractivity contribution in [3.05, 3.63) is 186 Å². The van der Waals surface area contributed by atoms with Crippen LogP contribution in [0, 0.1) is 0 Å². The second kappa shape index (κ2) is 11.8. The Bertz CT molecular complexity index is 2590. The van der Waals surface area contributed by atoms with E-state index in [1.165, 1.54) is 82.8 Å². The minimum absolute atomic E-state index is 1.08. The van der Waals surface area contributed by atoms with Gasteiger partial charge >= 0.3 is 0 Å². The van der Waals surface area contributed by atoms with Crippen LogP contribution < -0.4 is 0 Å². The number of nitrogens with zero attached hydrogens (tertiary/aromatic N) is 1. The first-order valence-corrected chi connectivity index (χ1v) is 17.1. The van der Waals surface area contributed by atoms with Crippen molar-refractivity contribution in [2.45, 2.75) is 0 Å². The minimum Gasteiger partial charge on any atom is -0.309 e. The van der Waals surface area contributed by atoms with Gasteiger partial charge in [-0.25, -0.2) is 0 Å². The summed E-state index contributed by atoms with van der Waals surface area (Å²) >= 11 is 3.89. The van der Waals surface area contributed by atoms with Crippen molar-refractivity contribution in [1.29, 1.82) is 0 Å². The lowest BCUT2D eigenvalue weighted by atomic mass is 9.95. The third kappa shape index (κ3) is 4.94. The van der Waals surface area contributed by atoms with E-state index in [2.05, 4.69) is 202 Å². The molecule has 1 nitrogen and oxygen atoms in total. The Kier molecular flexibility index (Phi) is 7.03. The van der Waals surface area contributed by atoms with Crippen molar-refractivity contribution in [1.82, 2.24) is 4.57 Å². The van der Waals surface area contributed by atoms with Crippen molar-refractivity contribution < 1.29 is 0 Å². The smallest absolute Gasteiger partial charge is 0.0547 e. The fourth-order valence-corrected chi connectivity index (χ4v) is 7.70. The summed E-state index contributed by atoms with van der Waals surface area (Å²) in [6.45, 7) is 0. The van der Waals surface area contributed by atoms with E-state index in [0.29, 0.717) is 0 Å². The zero-order chi connectivity index (χ0) is 32.0. The van der Waals surface area contributed by atoms with Crippen LogP contribution in [0.25, 0.3) is 82.8 Å². The molecule has 0 saturated heterocycles. The number of para-hydroxylation sites is 2. The van der Waals surface area contributed by atoms with E-state index in [0.717, 1.165) is 4.47 Å². The van der Waals surface area contributed by atoms with Crippen LogP contribution in [-0.4, -0.2) is 4.57 Å². The molecule has 2 heteroatoms. The number of benzene rings is 8. The third-order valence-corrected chi connectivity index (χ3v) is 10.2. The standard InChI is InChI=1S/C46H30BrN/c47-44-29-36(31-17-21-34(22-18-31)40-15-8-10-33-9-4-5-13-39(33)40)25-27-41(44)35-23-19-32(20-24-35)37-26-28-43-42-14-6-7-16-45(42)48(46(43)30-37)38-11-2-1-3-12-38/h1-30H. The quantitative estimate of drug-likeness (QED) is 0.171. The van der Waals surface area contributed by atoms with Crippen molar-refractivity contribution in [3.63, 3.8) is 0 Å². The molecule has 8 aromatic carbocycles.